The van der Waals surface area contributed by atoms with Crippen LogP contribution in [0, 0.1) is 6.92 Å². The smallest absolute Gasteiger partial charge is 0.325 e. The van der Waals surface area contributed by atoms with E-state index in [9.17, 15) is 9.59 Å². The van der Waals surface area contributed by atoms with Gasteiger partial charge in [-0.05, 0) is 55.3 Å². The molecule has 1 amide bonds. The summed E-state index contributed by atoms with van der Waals surface area (Å²) in [6, 6.07) is 11.9. The second kappa shape index (κ2) is 9.73. The van der Waals surface area contributed by atoms with Crippen LogP contribution in [0.15, 0.2) is 47.0 Å². The van der Waals surface area contributed by atoms with E-state index in [1.807, 2.05) is 0 Å². The number of benzene rings is 2. The Morgan fingerprint density at radius 2 is 1.87 bits per heavy atom. The summed E-state index contributed by atoms with van der Waals surface area (Å²) in [5, 5.41) is 4.79. The number of aromatic nitrogens is 2. The van der Waals surface area contributed by atoms with Crippen LogP contribution in [0.25, 0.3) is 11.5 Å². The fraction of sp³-hybridized carbons (Fsp3) is 0.238. The highest BCUT2D eigenvalue weighted by Gasteiger charge is 2.20. The number of rotatable bonds is 7. The molecule has 3 rings (SSSR count). The minimum absolute atomic E-state index is 0.175. The van der Waals surface area contributed by atoms with Gasteiger partial charge in [-0.25, -0.2) is 0 Å². The third kappa shape index (κ3) is 5.37. The SMILES string of the molecule is COC(=O)CN(CCc1ccc(Cl)cc1Cl)C(=O)c1ccc(-c2nc(C)no2)cc1. The topological polar surface area (TPSA) is 85.5 Å². The highest BCUT2D eigenvalue weighted by molar-refractivity contribution is 6.35. The lowest BCUT2D eigenvalue weighted by Crippen LogP contribution is -2.37. The van der Waals surface area contributed by atoms with E-state index >= 15 is 0 Å². The maximum atomic E-state index is 13.0. The standard InChI is InChI=1S/C21H19Cl2N3O4/c1-13-24-20(30-25-13)15-3-5-16(6-4-15)21(28)26(12-19(27)29-2)10-9-14-7-8-17(22)11-18(14)23/h3-8,11H,9-10,12H2,1-2H3. The van der Waals surface area contributed by atoms with Gasteiger partial charge in [0.2, 0.25) is 0 Å². The number of methoxy groups -OCH3 is 1. The molecule has 0 spiro atoms. The number of ether oxygens (including phenoxy) is 1. The summed E-state index contributed by atoms with van der Waals surface area (Å²) < 4.78 is 9.87. The van der Waals surface area contributed by atoms with Gasteiger partial charge in [-0.1, -0.05) is 34.4 Å². The fourth-order valence-electron chi connectivity index (χ4n) is 2.80. The van der Waals surface area contributed by atoms with E-state index < -0.39 is 5.97 Å². The summed E-state index contributed by atoms with van der Waals surface area (Å²) in [5.41, 5.74) is 1.94. The number of amides is 1. The Kier molecular flexibility index (Phi) is 7.07. The van der Waals surface area contributed by atoms with Crippen molar-refractivity contribution >= 4 is 35.1 Å². The van der Waals surface area contributed by atoms with Gasteiger partial charge in [-0.3, -0.25) is 9.59 Å². The van der Waals surface area contributed by atoms with Crippen molar-refractivity contribution in [1.82, 2.24) is 15.0 Å². The molecule has 1 heterocycles. The summed E-state index contributed by atoms with van der Waals surface area (Å²) in [5.74, 6) is 0.0767. The second-order valence-corrected chi connectivity index (χ2v) is 7.36. The number of aryl methyl sites for hydroxylation is 1. The number of carbonyl (C=O) groups excluding carboxylic acids is 2. The number of hydrogen-bond donors (Lipinski definition) is 0. The minimum Gasteiger partial charge on any atom is -0.468 e. The first-order valence-corrected chi connectivity index (χ1v) is 9.83. The van der Waals surface area contributed by atoms with Gasteiger partial charge in [0.25, 0.3) is 11.8 Å². The van der Waals surface area contributed by atoms with Gasteiger partial charge in [-0.15, -0.1) is 0 Å². The zero-order chi connectivity index (χ0) is 21.7. The number of carbonyl (C=O) groups is 2. The highest BCUT2D eigenvalue weighted by Crippen LogP contribution is 2.22. The molecule has 0 saturated carbocycles. The number of halogens is 2. The van der Waals surface area contributed by atoms with Crippen LogP contribution in [-0.2, 0) is 16.0 Å². The Morgan fingerprint density at radius 3 is 2.47 bits per heavy atom. The van der Waals surface area contributed by atoms with Crippen LogP contribution < -0.4 is 0 Å². The number of nitrogens with zero attached hydrogens (tertiary/aromatic N) is 3. The third-order valence-corrected chi connectivity index (χ3v) is 4.99. The maximum absolute atomic E-state index is 13.0. The van der Waals surface area contributed by atoms with Crippen LogP contribution in [0.5, 0.6) is 0 Å². The van der Waals surface area contributed by atoms with Crippen molar-refractivity contribution in [1.29, 1.82) is 0 Å². The first kappa shape index (κ1) is 21.8. The van der Waals surface area contributed by atoms with Gasteiger partial charge >= 0.3 is 5.97 Å². The average Bonchev–Trinajstić information content (AvgIpc) is 3.18. The van der Waals surface area contributed by atoms with Gasteiger partial charge in [-0.2, -0.15) is 4.98 Å². The van der Waals surface area contributed by atoms with Gasteiger partial charge in [0, 0.05) is 27.7 Å². The molecule has 0 bridgehead atoms. The average molecular weight is 448 g/mol. The number of hydrogen-bond acceptors (Lipinski definition) is 6. The minimum atomic E-state index is -0.511. The normalized spacial score (nSPS) is 10.7. The predicted molar refractivity (Wildman–Crippen MR) is 113 cm³/mol. The van der Waals surface area contributed by atoms with Crippen LogP contribution in [0.4, 0.5) is 0 Å². The van der Waals surface area contributed by atoms with Crippen molar-refractivity contribution in [2.45, 2.75) is 13.3 Å². The lowest BCUT2D eigenvalue weighted by Gasteiger charge is -2.22. The van der Waals surface area contributed by atoms with Gasteiger partial charge in [0.1, 0.15) is 6.54 Å². The van der Waals surface area contributed by atoms with E-state index in [0.717, 1.165) is 5.56 Å². The molecular weight excluding hydrogens is 429 g/mol. The van der Waals surface area contributed by atoms with Crippen LogP contribution in [0.1, 0.15) is 21.7 Å². The zero-order valence-electron chi connectivity index (χ0n) is 16.4. The maximum Gasteiger partial charge on any atom is 0.325 e. The lowest BCUT2D eigenvalue weighted by molar-refractivity contribution is -0.141. The van der Waals surface area contributed by atoms with E-state index in [1.54, 1.807) is 49.4 Å². The van der Waals surface area contributed by atoms with Crippen molar-refractivity contribution < 1.29 is 18.8 Å². The summed E-state index contributed by atoms with van der Waals surface area (Å²) in [7, 11) is 1.28. The fourth-order valence-corrected chi connectivity index (χ4v) is 3.31. The molecule has 0 saturated heterocycles. The Labute approximate surface area is 183 Å². The number of esters is 1. The first-order valence-electron chi connectivity index (χ1n) is 9.08. The van der Waals surface area contributed by atoms with Crippen molar-refractivity contribution in [2.24, 2.45) is 0 Å². The Morgan fingerprint density at radius 1 is 1.13 bits per heavy atom. The monoisotopic (exact) mass is 447 g/mol. The van der Waals surface area contributed by atoms with E-state index in [-0.39, 0.29) is 19.0 Å². The Balaban J connectivity index is 1.76. The molecule has 2 aromatic carbocycles. The van der Waals surface area contributed by atoms with Crippen molar-refractivity contribution in [3.05, 3.63) is 69.5 Å². The van der Waals surface area contributed by atoms with Crippen LogP contribution in [0.3, 0.4) is 0 Å². The summed E-state index contributed by atoms with van der Waals surface area (Å²) in [6.07, 6.45) is 0.456. The summed E-state index contributed by atoms with van der Waals surface area (Å²) in [4.78, 5) is 30.4. The summed E-state index contributed by atoms with van der Waals surface area (Å²) in [6.45, 7) is 1.83. The molecule has 0 aliphatic heterocycles. The quantitative estimate of drug-likeness (QED) is 0.504. The van der Waals surface area contributed by atoms with Crippen molar-refractivity contribution in [2.75, 3.05) is 20.2 Å². The van der Waals surface area contributed by atoms with Gasteiger partial charge in [0.05, 0.1) is 7.11 Å². The summed E-state index contributed by atoms with van der Waals surface area (Å²) >= 11 is 12.2. The third-order valence-electron chi connectivity index (χ3n) is 4.41. The molecule has 0 N–H and O–H groups in total. The molecule has 0 fully saturated rings. The van der Waals surface area contributed by atoms with Crippen LogP contribution in [0.2, 0.25) is 10.0 Å². The van der Waals surface area contributed by atoms with Crippen molar-refractivity contribution in [3.8, 4) is 11.5 Å². The molecule has 30 heavy (non-hydrogen) atoms. The molecule has 0 aliphatic carbocycles. The molecule has 0 radical (unpaired) electrons. The molecule has 9 heteroatoms. The largest absolute Gasteiger partial charge is 0.468 e. The Hall–Kier alpha value is -2.90. The molecule has 0 aliphatic rings. The molecule has 156 valence electrons. The molecule has 7 nitrogen and oxygen atoms in total. The first-order chi connectivity index (χ1) is 14.4. The van der Waals surface area contributed by atoms with Gasteiger partial charge < -0.3 is 14.2 Å². The molecular formula is C21H19Cl2N3O4. The van der Waals surface area contributed by atoms with E-state index in [4.69, 9.17) is 32.5 Å². The van der Waals surface area contributed by atoms with E-state index in [1.165, 1.54) is 12.0 Å². The second-order valence-electron chi connectivity index (χ2n) is 6.51. The van der Waals surface area contributed by atoms with Crippen molar-refractivity contribution in [3.63, 3.8) is 0 Å². The lowest BCUT2D eigenvalue weighted by atomic mass is 10.1. The van der Waals surface area contributed by atoms with E-state index in [2.05, 4.69) is 10.1 Å². The van der Waals surface area contributed by atoms with Crippen LogP contribution >= 0.6 is 23.2 Å². The zero-order valence-corrected chi connectivity index (χ0v) is 17.9. The molecule has 1 aromatic heterocycles. The predicted octanol–water partition coefficient (Wildman–Crippen LogP) is 4.21. The highest BCUT2D eigenvalue weighted by atomic mass is 35.5. The molecule has 0 unspecified atom stereocenters. The van der Waals surface area contributed by atoms with E-state index in [0.29, 0.717) is 39.3 Å². The molecule has 0 atom stereocenters. The van der Waals surface area contributed by atoms with Gasteiger partial charge in [0.15, 0.2) is 5.82 Å². The molecule has 3 aromatic rings. The van der Waals surface area contributed by atoms with Crippen LogP contribution in [-0.4, -0.2) is 47.1 Å². The Bertz CT molecular complexity index is 1050.